The molecule has 1 heterocycles. The van der Waals surface area contributed by atoms with Crippen molar-refractivity contribution in [2.45, 2.75) is 39.0 Å². The second-order valence-electron chi connectivity index (χ2n) is 4.47. The molecule has 0 aromatic carbocycles. The third-order valence-corrected chi connectivity index (χ3v) is 3.25. The van der Waals surface area contributed by atoms with Crippen molar-refractivity contribution < 1.29 is 14.3 Å². The summed E-state index contributed by atoms with van der Waals surface area (Å²) in [5, 5.41) is 8.87. The number of carbonyl (C=O) groups is 1. The Morgan fingerprint density at radius 1 is 1.67 bits per heavy atom. The zero-order chi connectivity index (χ0) is 11.0. The Hall–Kier alpha value is -1.25. The zero-order valence-corrected chi connectivity index (χ0v) is 9.12. The molecule has 0 spiro atoms. The Kier molecular flexibility index (Phi) is 2.55. The van der Waals surface area contributed by atoms with E-state index in [-0.39, 0.29) is 12.3 Å². The van der Waals surface area contributed by atoms with Crippen molar-refractivity contribution in [3.8, 4) is 0 Å². The molecule has 0 amide bonds. The van der Waals surface area contributed by atoms with Crippen molar-refractivity contribution in [2.24, 2.45) is 5.92 Å². The first-order valence-corrected chi connectivity index (χ1v) is 5.39. The summed E-state index contributed by atoms with van der Waals surface area (Å²) in [6.45, 7) is 4.02. The van der Waals surface area contributed by atoms with Gasteiger partial charge in [0.2, 0.25) is 0 Å². The Balaban J connectivity index is 2.32. The molecule has 15 heavy (non-hydrogen) atoms. The second kappa shape index (κ2) is 3.72. The van der Waals surface area contributed by atoms with Gasteiger partial charge in [0.05, 0.1) is 6.42 Å². The molecule has 0 saturated carbocycles. The molecule has 3 heteroatoms. The number of furan rings is 1. The average Bonchev–Trinajstić information content (AvgIpc) is 2.51. The monoisotopic (exact) mass is 208 g/mol. The van der Waals surface area contributed by atoms with Crippen LogP contribution in [-0.2, 0) is 11.2 Å². The van der Waals surface area contributed by atoms with Gasteiger partial charge in [-0.15, -0.1) is 0 Å². The van der Waals surface area contributed by atoms with Gasteiger partial charge >= 0.3 is 5.97 Å². The number of hydrogen-bond donors (Lipinski definition) is 1. The molecule has 2 atom stereocenters. The summed E-state index contributed by atoms with van der Waals surface area (Å²) in [4.78, 5) is 10.8. The van der Waals surface area contributed by atoms with Gasteiger partial charge in [0, 0.05) is 5.92 Å². The van der Waals surface area contributed by atoms with Crippen LogP contribution in [0.4, 0.5) is 0 Å². The number of carboxylic acids is 1. The van der Waals surface area contributed by atoms with Crippen LogP contribution in [0.1, 0.15) is 42.8 Å². The molecule has 3 nitrogen and oxygen atoms in total. The molecule has 1 aliphatic carbocycles. The van der Waals surface area contributed by atoms with Crippen molar-refractivity contribution in [3.05, 3.63) is 23.2 Å². The van der Waals surface area contributed by atoms with Crippen LogP contribution in [0, 0.1) is 12.8 Å². The van der Waals surface area contributed by atoms with Crippen LogP contribution in [-0.4, -0.2) is 11.1 Å². The van der Waals surface area contributed by atoms with Crippen LogP contribution in [0.3, 0.4) is 0 Å². The number of rotatable bonds is 2. The van der Waals surface area contributed by atoms with E-state index in [0.717, 1.165) is 24.4 Å². The van der Waals surface area contributed by atoms with Gasteiger partial charge in [-0.1, -0.05) is 6.92 Å². The number of carboxylic acid groups (broad SMARTS) is 1. The van der Waals surface area contributed by atoms with Crippen molar-refractivity contribution in [1.82, 2.24) is 0 Å². The highest BCUT2D eigenvalue weighted by Gasteiger charge is 2.31. The van der Waals surface area contributed by atoms with E-state index in [1.54, 1.807) is 0 Å². The van der Waals surface area contributed by atoms with E-state index in [4.69, 9.17) is 9.52 Å². The molecule has 1 N–H and O–H groups in total. The molecule has 0 fully saturated rings. The molecule has 0 saturated heterocycles. The molecule has 0 bridgehead atoms. The van der Waals surface area contributed by atoms with Crippen LogP contribution < -0.4 is 0 Å². The van der Waals surface area contributed by atoms with Crippen molar-refractivity contribution in [3.63, 3.8) is 0 Å². The fraction of sp³-hybridized carbons (Fsp3) is 0.583. The van der Waals surface area contributed by atoms with Crippen LogP contribution in [0.25, 0.3) is 0 Å². The minimum Gasteiger partial charge on any atom is -0.481 e. The van der Waals surface area contributed by atoms with Gasteiger partial charge < -0.3 is 9.52 Å². The lowest BCUT2D eigenvalue weighted by molar-refractivity contribution is -0.137. The summed E-state index contributed by atoms with van der Waals surface area (Å²) in [5.74, 6) is 1.52. The molecule has 0 radical (unpaired) electrons. The predicted molar refractivity (Wildman–Crippen MR) is 55.9 cm³/mol. The van der Waals surface area contributed by atoms with Gasteiger partial charge in [0.25, 0.3) is 0 Å². The van der Waals surface area contributed by atoms with E-state index < -0.39 is 5.97 Å². The highest BCUT2D eigenvalue weighted by atomic mass is 16.4. The van der Waals surface area contributed by atoms with Gasteiger partial charge in [-0.25, -0.2) is 0 Å². The SMILES string of the molecule is Cc1cc2c(o1)C(CC(=O)O)C(C)CC2. The second-order valence-corrected chi connectivity index (χ2v) is 4.47. The summed E-state index contributed by atoms with van der Waals surface area (Å²) in [6.07, 6.45) is 2.26. The summed E-state index contributed by atoms with van der Waals surface area (Å²) in [5.41, 5.74) is 1.21. The van der Waals surface area contributed by atoms with Gasteiger partial charge in [-0.2, -0.15) is 0 Å². The Bertz CT molecular complexity index is 378. The predicted octanol–water partition coefficient (Wildman–Crippen LogP) is 2.73. The van der Waals surface area contributed by atoms with E-state index in [1.165, 1.54) is 5.56 Å². The lowest BCUT2D eigenvalue weighted by Crippen LogP contribution is -2.19. The number of fused-ring (bicyclic) bond motifs is 1. The fourth-order valence-corrected chi connectivity index (χ4v) is 2.42. The maximum atomic E-state index is 10.8. The summed E-state index contributed by atoms with van der Waals surface area (Å²) < 4.78 is 5.63. The lowest BCUT2D eigenvalue weighted by atomic mass is 9.78. The molecule has 1 aromatic rings. The number of aryl methyl sites for hydroxylation is 2. The molecule has 82 valence electrons. The first-order valence-electron chi connectivity index (χ1n) is 5.39. The Labute approximate surface area is 89.1 Å². The largest absolute Gasteiger partial charge is 0.481 e. The van der Waals surface area contributed by atoms with Crippen LogP contribution in [0.2, 0.25) is 0 Å². The van der Waals surface area contributed by atoms with Crippen LogP contribution in [0.15, 0.2) is 10.5 Å². The van der Waals surface area contributed by atoms with E-state index in [2.05, 4.69) is 6.92 Å². The maximum Gasteiger partial charge on any atom is 0.304 e. The van der Waals surface area contributed by atoms with Crippen molar-refractivity contribution in [1.29, 1.82) is 0 Å². The molecule has 2 rings (SSSR count). The first kappa shape index (κ1) is 10.3. The standard InChI is InChI=1S/C12H16O3/c1-7-3-4-9-5-8(2)15-12(9)10(7)6-11(13)14/h5,7,10H,3-4,6H2,1-2H3,(H,13,14). The highest BCUT2D eigenvalue weighted by molar-refractivity contribution is 5.68. The van der Waals surface area contributed by atoms with Crippen molar-refractivity contribution >= 4 is 5.97 Å². The van der Waals surface area contributed by atoms with E-state index in [0.29, 0.717) is 5.92 Å². The average molecular weight is 208 g/mol. The normalized spacial score (nSPS) is 24.9. The van der Waals surface area contributed by atoms with E-state index >= 15 is 0 Å². The third kappa shape index (κ3) is 1.91. The maximum absolute atomic E-state index is 10.8. The molecule has 0 aliphatic heterocycles. The smallest absolute Gasteiger partial charge is 0.304 e. The topological polar surface area (TPSA) is 50.4 Å². The third-order valence-electron chi connectivity index (χ3n) is 3.25. The summed E-state index contributed by atoms with van der Waals surface area (Å²) in [6, 6.07) is 2.04. The Morgan fingerprint density at radius 2 is 2.40 bits per heavy atom. The number of hydrogen-bond acceptors (Lipinski definition) is 2. The minimum absolute atomic E-state index is 0.0555. The molecule has 1 aromatic heterocycles. The summed E-state index contributed by atoms with van der Waals surface area (Å²) in [7, 11) is 0. The van der Waals surface area contributed by atoms with Gasteiger partial charge in [-0.3, -0.25) is 4.79 Å². The molecular formula is C12H16O3. The van der Waals surface area contributed by atoms with Gasteiger partial charge in [0.15, 0.2) is 0 Å². The van der Waals surface area contributed by atoms with Crippen molar-refractivity contribution in [2.75, 3.05) is 0 Å². The molecule has 1 aliphatic rings. The number of aliphatic carboxylic acids is 1. The quantitative estimate of drug-likeness (QED) is 0.813. The zero-order valence-electron chi connectivity index (χ0n) is 9.12. The van der Waals surface area contributed by atoms with Gasteiger partial charge in [-0.05, 0) is 37.3 Å². The molecular weight excluding hydrogens is 192 g/mol. The minimum atomic E-state index is -0.742. The fourth-order valence-electron chi connectivity index (χ4n) is 2.42. The first-order chi connectivity index (χ1) is 7.08. The summed E-state index contributed by atoms with van der Waals surface area (Å²) >= 11 is 0. The van der Waals surface area contributed by atoms with E-state index in [9.17, 15) is 4.79 Å². The van der Waals surface area contributed by atoms with Crippen LogP contribution >= 0.6 is 0 Å². The Morgan fingerprint density at radius 3 is 3.07 bits per heavy atom. The van der Waals surface area contributed by atoms with Crippen LogP contribution in [0.5, 0.6) is 0 Å². The van der Waals surface area contributed by atoms with E-state index in [1.807, 2.05) is 13.0 Å². The molecule has 2 unspecified atom stereocenters. The highest BCUT2D eigenvalue weighted by Crippen LogP contribution is 2.39. The lowest BCUT2D eigenvalue weighted by Gasteiger charge is -2.26. The van der Waals surface area contributed by atoms with Gasteiger partial charge in [0.1, 0.15) is 11.5 Å².